The maximum Gasteiger partial charge on any atom is 0.0654 e. The van der Waals surface area contributed by atoms with Crippen LogP contribution >= 0.6 is 0 Å². The van der Waals surface area contributed by atoms with E-state index in [9.17, 15) is 0 Å². The van der Waals surface area contributed by atoms with Crippen LogP contribution in [0.3, 0.4) is 0 Å². The largest absolute Gasteiger partial charge is 0.254 e. The molecule has 2 rings (SSSR count). The molecule has 1 heteroatoms. The molecule has 1 aliphatic rings. The lowest BCUT2D eigenvalue weighted by Crippen LogP contribution is -1.95. The monoisotopic (exact) mass is 305 g/mol. The Morgan fingerprint density at radius 3 is 2.61 bits per heavy atom. The van der Waals surface area contributed by atoms with Gasteiger partial charge in [0.1, 0.15) is 0 Å². The van der Waals surface area contributed by atoms with Crippen molar-refractivity contribution in [3.63, 3.8) is 0 Å². The van der Waals surface area contributed by atoms with E-state index in [1.54, 1.807) is 0 Å². The highest BCUT2D eigenvalue weighted by atomic mass is 14.8. The fourth-order valence-electron chi connectivity index (χ4n) is 2.78. The Balaban J connectivity index is 2.31. The minimum atomic E-state index is 0.981. The van der Waals surface area contributed by atoms with E-state index in [4.69, 9.17) is 4.99 Å². The molecule has 0 saturated heterocycles. The van der Waals surface area contributed by atoms with Gasteiger partial charge in [0.2, 0.25) is 0 Å². The van der Waals surface area contributed by atoms with Crippen molar-refractivity contribution in [3.8, 4) is 0 Å². The normalized spacial score (nSPS) is 14.5. The van der Waals surface area contributed by atoms with Crippen molar-refractivity contribution in [2.24, 2.45) is 4.99 Å². The maximum atomic E-state index is 4.86. The predicted molar refractivity (Wildman–Crippen MR) is 103 cm³/mol. The van der Waals surface area contributed by atoms with E-state index in [0.29, 0.717) is 0 Å². The standard InChI is InChI=1S/C22H27N/c1-6-8-9-10-17(5)23-22(16(3)4)21-14-19-12-11-18(7-2)13-20(19)15-21/h6,8-13,15H,7,14H2,1-5H3/b8-6-,10-9-,23-17+. The average molecular weight is 305 g/mol. The zero-order valence-electron chi connectivity index (χ0n) is 15.0. The first-order chi connectivity index (χ1) is 11.0. The lowest BCUT2D eigenvalue weighted by molar-refractivity contribution is 1.11. The van der Waals surface area contributed by atoms with Crippen molar-refractivity contribution < 1.29 is 0 Å². The lowest BCUT2D eigenvalue weighted by atomic mass is 10.0. The average Bonchev–Trinajstić information content (AvgIpc) is 2.94. The van der Waals surface area contributed by atoms with Gasteiger partial charge in [0.05, 0.1) is 5.70 Å². The summed E-state index contributed by atoms with van der Waals surface area (Å²) >= 11 is 0. The van der Waals surface area contributed by atoms with Crippen LogP contribution in [0.25, 0.3) is 6.08 Å². The molecule has 0 N–H and O–H groups in total. The Hall–Kier alpha value is -2.15. The quantitative estimate of drug-likeness (QED) is 0.462. The fourth-order valence-corrected chi connectivity index (χ4v) is 2.78. The van der Waals surface area contributed by atoms with Gasteiger partial charge in [-0.05, 0) is 68.5 Å². The number of rotatable bonds is 5. The van der Waals surface area contributed by atoms with E-state index in [-0.39, 0.29) is 0 Å². The van der Waals surface area contributed by atoms with Crippen molar-refractivity contribution in [3.05, 3.63) is 76.0 Å². The van der Waals surface area contributed by atoms with Crippen LogP contribution < -0.4 is 0 Å². The maximum absolute atomic E-state index is 4.86. The first kappa shape index (κ1) is 17.2. The number of aryl methyl sites for hydroxylation is 1. The van der Waals surface area contributed by atoms with E-state index < -0.39 is 0 Å². The molecule has 0 saturated carbocycles. The van der Waals surface area contributed by atoms with Gasteiger partial charge in [0, 0.05) is 12.1 Å². The molecular formula is C22H27N. The SMILES string of the molecule is C\C=C/C=C\C(C)=N\C(C1=Cc2cc(CC)ccc2C1)=C(C)C. The highest BCUT2D eigenvalue weighted by Crippen LogP contribution is 2.32. The number of allylic oxidation sites excluding steroid dienone is 6. The van der Waals surface area contributed by atoms with E-state index in [1.165, 1.54) is 27.8 Å². The van der Waals surface area contributed by atoms with Gasteiger partial charge in [-0.25, -0.2) is 0 Å². The first-order valence-corrected chi connectivity index (χ1v) is 8.40. The third kappa shape index (κ3) is 4.41. The Kier molecular flexibility index (Phi) is 5.92. The summed E-state index contributed by atoms with van der Waals surface area (Å²) in [5.74, 6) is 0. The van der Waals surface area contributed by atoms with Crippen LogP contribution in [0.2, 0.25) is 0 Å². The minimum absolute atomic E-state index is 0.981. The smallest absolute Gasteiger partial charge is 0.0654 e. The second kappa shape index (κ2) is 7.92. The van der Waals surface area contributed by atoms with Crippen LogP contribution in [0.4, 0.5) is 0 Å². The molecule has 23 heavy (non-hydrogen) atoms. The molecule has 1 aromatic rings. The third-order valence-electron chi connectivity index (χ3n) is 4.04. The third-order valence-corrected chi connectivity index (χ3v) is 4.04. The number of nitrogens with zero attached hydrogens (tertiary/aromatic N) is 1. The molecule has 0 radical (unpaired) electrons. The molecule has 0 unspecified atom stereocenters. The van der Waals surface area contributed by atoms with Crippen LogP contribution in [-0.2, 0) is 12.8 Å². The van der Waals surface area contributed by atoms with E-state index >= 15 is 0 Å². The van der Waals surface area contributed by atoms with Crippen molar-refractivity contribution in [1.82, 2.24) is 0 Å². The molecule has 0 aromatic heterocycles. The van der Waals surface area contributed by atoms with E-state index in [0.717, 1.165) is 24.3 Å². The number of aliphatic imine (C=N–C) groups is 1. The molecule has 120 valence electrons. The second-order valence-corrected chi connectivity index (χ2v) is 6.22. The molecule has 0 spiro atoms. The molecule has 0 heterocycles. The number of hydrogen-bond acceptors (Lipinski definition) is 1. The molecule has 0 amide bonds. The van der Waals surface area contributed by atoms with Gasteiger partial charge in [0.15, 0.2) is 0 Å². The summed E-state index contributed by atoms with van der Waals surface area (Å²) in [4.78, 5) is 4.86. The topological polar surface area (TPSA) is 12.4 Å². The molecule has 1 aliphatic carbocycles. The molecule has 0 aliphatic heterocycles. The van der Waals surface area contributed by atoms with Crippen molar-refractivity contribution in [1.29, 1.82) is 0 Å². The van der Waals surface area contributed by atoms with Gasteiger partial charge in [-0.3, -0.25) is 4.99 Å². The predicted octanol–water partition coefficient (Wildman–Crippen LogP) is 6.08. The van der Waals surface area contributed by atoms with Crippen molar-refractivity contribution in [2.75, 3.05) is 0 Å². The highest BCUT2D eigenvalue weighted by molar-refractivity contribution is 5.94. The van der Waals surface area contributed by atoms with Crippen LogP contribution in [0.1, 0.15) is 51.3 Å². The van der Waals surface area contributed by atoms with Gasteiger partial charge in [-0.15, -0.1) is 0 Å². The number of hydrogen-bond donors (Lipinski definition) is 0. The summed E-state index contributed by atoms with van der Waals surface area (Å²) < 4.78 is 0. The van der Waals surface area contributed by atoms with Gasteiger partial charge in [0.25, 0.3) is 0 Å². The first-order valence-electron chi connectivity index (χ1n) is 8.40. The van der Waals surface area contributed by atoms with E-state index in [1.807, 2.05) is 25.2 Å². The zero-order valence-corrected chi connectivity index (χ0v) is 15.0. The van der Waals surface area contributed by atoms with Crippen molar-refractivity contribution >= 4 is 11.8 Å². The molecule has 0 bridgehead atoms. The van der Waals surface area contributed by atoms with Crippen LogP contribution in [0, 0.1) is 0 Å². The van der Waals surface area contributed by atoms with Gasteiger partial charge in [-0.2, -0.15) is 0 Å². The molecule has 0 atom stereocenters. The van der Waals surface area contributed by atoms with Gasteiger partial charge < -0.3 is 0 Å². The summed E-state index contributed by atoms with van der Waals surface area (Å²) in [5, 5.41) is 0. The highest BCUT2D eigenvalue weighted by Gasteiger charge is 2.16. The number of benzene rings is 1. The van der Waals surface area contributed by atoms with Crippen molar-refractivity contribution in [2.45, 2.75) is 47.5 Å². The number of fused-ring (bicyclic) bond motifs is 1. The Morgan fingerprint density at radius 1 is 1.17 bits per heavy atom. The summed E-state index contributed by atoms with van der Waals surface area (Å²) in [6.45, 7) is 10.6. The second-order valence-electron chi connectivity index (χ2n) is 6.22. The molecular weight excluding hydrogens is 278 g/mol. The Morgan fingerprint density at radius 2 is 1.96 bits per heavy atom. The Labute approximate surface area is 140 Å². The van der Waals surface area contributed by atoms with E-state index in [2.05, 4.69) is 58.0 Å². The van der Waals surface area contributed by atoms with Crippen LogP contribution in [0.5, 0.6) is 0 Å². The summed E-state index contributed by atoms with van der Waals surface area (Å²) in [7, 11) is 0. The molecule has 1 nitrogen and oxygen atoms in total. The summed E-state index contributed by atoms with van der Waals surface area (Å²) in [6.07, 6.45) is 12.5. The minimum Gasteiger partial charge on any atom is -0.254 e. The lowest BCUT2D eigenvalue weighted by Gasteiger charge is -2.07. The zero-order chi connectivity index (χ0) is 16.8. The van der Waals surface area contributed by atoms with Gasteiger partial charge in [-0.1, -0.05) is 48.9 Å². The molecule has 1 aromatic carbocycles. The fraction of sp³-hybridized carbons (Fsp3) is 0.318. The van der Waals surface area contributed by atoms with Gasteiger partial charge >= 0.3 is 0 Å². The van der Waals surface area contributed by atoms with Crippen LogP contribution in [0.15, 0.2) is 64.3 Å². The van der Waals surface area contributed by atoms with Crippen LogP contribution in [-0.4, -0.2) is 5.71 Å². The summed E-state index contributed by atoms with van der Waals surface area (Å²) in [6, 6.07) is 6.82. The Bertz CT molecular complexity index is 720. The summed E-state index contributed by atoms with van der Waals surface area (Å²) in [5.41, 5.74) is 8.91. The molecule has 0 fully saturated rings.